The van der Waals surface area contributed by atoms with Gasteiger partial charge >= 0.3 is 0 Å². The van der Waals surface area contributed by atoms with Crippen LogP contribution in [-0.4, -0.2) is 50.1 Å². The van der Waals surface area contributed by atoms with Crippen molar-refractivity contribution in [3.63, 3.8) is 0 Å². The third-order valence-corrected chi connectivity index (χ3v) is 8.57. The number of benzene rings is 2. The lowest BCUT2D eigenvalue weighted by atomic mass is 9.83. The first-order chi connectivity index (χ1) is 24.4. The quantitative estimate of drug-likeness (QED) is 0.0597. The van der Waals surface area contributed by atoms with Crippen molar-refractivity contribution >= 4 is 22.9 Å². The van der Waals surface area contributed by atoms with Crippen molar-refractivity contribution in [1.29, 1.82) is 0 Å². The van der Waals surface area contributed by atoms with Crippen molar-refractivity contribution in [2.24, 2.45) is 5.41 Å². The van der Waals surface area contributed by atoms with Gasteiger partial charge in [-0.05, 0) is 119 Å². The number of hydrazine groups is 1. The molecule has 1 fully saturated rings. The maximum atomic E-state index is 11.1. The normalized spacial score (nSPS) is 13.3. The van der Waals surface area contributed by atoms with Gasteiger partial charge in [0.25, 0.3) is 6.47 Å². The van der Waals surface area contributed by atoms with Crippen LogP contribution in [-0.2, 0) is 33.7 Å². The minimum atomic E-state index is -0.315. The van der Waals surface area contributed by atoms with Crippen LogP contribution < -0.4 is 10.9 Å². The van der Waals surface area contributed by atoms with E-state index in [4.69, 9.17) is 9.47 Å². The Morgan fingerprint density at radius 3 is 2.20 bits per heavy atom. The number of phenolic OH excluding ortho intramolecular Hbond substituents is 1. The Balaban J connectivity index is 0.00000128. The number of aryl methyl sites for hydroxylation is 2. The largest absolute Gasteiger partial charge is 0.508 e. The summed E-state index contributed by atoms with van der Waals surface area (Å²) in [5.74, 6) is 0.255. The standard InChI is InChI=1S/C37H47NO4.C3H6.C2H8N2.C2H6/c1-10-13-14-28-18-30(20-31(40)19-28)29-15-16-35-33(21-29)34(22-37(7,8)23-42-24-39)36(38(35)12-3)32(17-25(4)11-2)26(5)27(6)41-9;1-2-3-1;1-3-4-2;1-2/h10-11,15-21,24,27,40H,1-2,12-14,22-23H2,3-9H3;1-3H2;3-4H,1-2H3;1-2H3/b25-17-,32-26-;;;. The highest BCUT2D eigenvalue weighted by molar-refractivity contribution is 5.95. The number of ether oxygens (including phenoxy) is 2. The average molecular weight is 702 g/mol. The zero-order valence-electron chi connectivity index (χ0n) is 33.5. The van der Waals surface area contributed by atoms with Crippen LogP contribution >= 0.6 is 0 Å². The average Bonchev–Trinajstić information content (AvgIpc) is 4.01. The molecule has 4 rings (SSSR count). The molecule has 0 aliphatic heterocycles. The molecule has 1 unspecified atom stereocenters. The molecule has 1 aliphatic rings. The fraction of sp³-hybridized carbons (Fsp3) is 0.477. The molecule has 0 bridgehead atoms. The number of nitrogens with zero attached hydrogens (tertiary/aromatic N) is 1. The second-order valence-corrected chi connectivity index (χ2v) is 13.4. The maximum absolute atomic E-state index is 11.1. The lowest BCUT2D eigenvalue weighted by Gasteiger charge is -2.25. The number of aromatic hydroxyl groups is 1. The van der Waals surface area contributed by atoms with Crippen LogP contribution in [0.5, 0.6) is 5.75 Å². The number of hydrogen-bond donors (Lipinski definition) is 3. The van der Waals surface area contributed by atoms with Crippen LogP contribution in [0.4, 0.5) is 0 Å². The zero-order valence-corrected chi connectivity index (χ0v) is 33.5. The molecule has 1 atom stereocenters. The summed E-state index contributed by atoms with van der Waals surface area (Å²) in [6.45, 7) is 26.1. The second kappa shape index (κ2) is 23.5. The van der Waals surface area contributed by atoms with Gasteiger partial charge in [-0.1, -0.05) is 83.4 Å². The smallest absolute Gasteiger partial charge is 0.293 e. The Morgan fingerprint density at radius 1 is 1.04 bits per heavy atom. The molecule has 51 heavy (non-hydrogen) atoms. The Labute approximate surface area is 309 Å². The summed E-state index contributed by atoms with van der Waals surface area (Å²) in [6, 6.07) is 12.3. The predicted octanol–water partition coefficient (Wildman–Crippen LogP) is 10.4. The molecular formula is C44H67N3O4. The SMILES string of the molecule is C1CC1.C=CCCc1cc(O)cc(-c2ccc3c(c2)c(CC(C)(C)COC=O)c(C(/C=C(/C)C=C)=C(/C)C(C)OC)n3CC)c1.CC.CNNC. The summed E-state index contributed by atoms with van der Waals surface area (Å²) >= 11 is 0. The van der Waals surface area contributed by atoms with Gasteiger partial charge in [-0.15, -0.1) is 6.58 Å². The van der Waals surface area contributed by atoms with Gasteiger partial charge in [0.15, 0.2) is 0 Å². The minimum Gasteiger partial charge on any atom is -0.508 e. The van der Waals surface area contributed by atoms with Gasteiger partial charge in [-0.3, -0.25) is 15.6 Å². The summed E-state index contributed by atoms with van der Waals surface area (Å²) in [5.41, 5.74) is 14.9. The molecule has 282 valence electrons. The van der Waals surface area contributed by atoms with E-state index in [1.54, 1.807) is 7.11 Å². The van der Waals surface area contributed by atoms with Crippen LogP contribution in [0, 0.1) is 5.41 Å². The molecule has 2 aromatic carbocycles. The van der Waals surface area contributed by atoms with Gasteiger partial charge in [-0.2, -0.15) is 0 Å². The van der Waals surface area contributed by atoms with E-state index in [0.29, 0.717) is 19.5 Å². The van der Waals surface area contributed by atoms with E-state index in [1.165, 1.54) is 24.8 Å². The number of aromatic nitrogens is 1. The zero-order chi connectivity index (χ0) is 38.6. The van der Waals surface area contributed by atoms with Gasteiger partial charge in [0.1, 0.15) is 5.75 Å². The summed E-state index contributed by atoms with van der Waals surface area (Å²) in [4.78, 5) is 11.1. The van der Waals surface area contributed by atoms with Crippen molar-refractivity contribution in [3.05, 3.63) is 95.8 Å². The minimum absolute atomic E-state index is 0.0896. The van der Waals surface area contributed by atoms with E-state index in [2.05, 4.69) is 100 Å². The first kappa shape index (κ1) is 45.1. The fourth-order valence-electron chi connectivity index (χ4n) is 5.51. The van der Waals surface area contributed by atoms with Gasteiger partial charge in [0, 0.05) is 35.5 Å². The van der Waals surface area contributed by atoms with E-state index >= 15 is 0 Å². The number of carbonyl (C=O) groups is 1. The Hall–Kier alpha value is -3.91. The molecule has 7 nitrogen and oxygen atoms in total. The molecule has 0 amide bonds. The number of methoxy groups -OCH3 is 1. The molecule has 1 heterocycles. The molecular weight excluding hydrogens is 635 g/mol. The Morgan fingerprint density at radius 2 is 1.69 bits per heavy atom. The lowest BCUT2D eigenvalue weighted by molar-refractivity contribution is -0.131. The monoisotopic (exact) mass is 702 g/mol. The van der Waals surface area contributed by atoms with E-state index in [9.17, 15) is 9.90 Å². The maximum Gasteiger partial charge on any atom is 0.293 e. The van der Waals surface area contributed by atoms with E-state index in [0.717, 1.165) is 69.4 Å². The topological polar surface area (TPSA) is 84.8 Å². The summed E-state index contributed by atoms with van der Waals surface area (Å²) < 4.78 is 13.4. The highest BCUT2D eigenvalue weighted by atomic mass is 16.5. The number of phenols is 1. The van der Waals surface area contributed by atoms with E-state index in [1.807, 2.05) is 52.2 Å². The molecule has 1 aliphatic carbocycles. The number of rotatable bonds is 16. The molecule has 1 saturated carbocycles. The summed E-state index contributed by atoms with van der Waals surface area (Å²) in [6.07, 6.45) is 12.7. The van der Waals surface area contributed by atoms with Crippen LogP contribution in [0.25, 0.3) is 27.6 Å². The molecule has 3 N–H and O–H groups in total. The first-order valence-corrected chi connectivity index (χ1v) is 18.4. The van der Waals surface area contributed by atoms with Crippen molar-refractivity contribution < 1.29 is 19.4 Å². The Bertz CT molecular complexity index is 1590. The first-order valence-electron chi connectivity index (χ1n) is 18.4. The molecule has 1 aromatic heterocycles. The van der Waals surface area contributed by atoms with Crippen molar-refractivity contribution in [3.8, 4) is 16.9 Å². The molecule has 0 spiro atoms. The fourth-order valence-corrected chi connectivity index (χ4v) is 5.51. The number of nitrogens with one attached hydrogen (secondary N) is 2. The molecule has 0 radical (unpaired) electrons. The lowest BCUT2D eigenvalue weighted by Crippen LogP contribution is -2.23. The van der Waals surface area contributed by atoms with Crippen LogP contribution in [0.1, 0.15) is 97.9 Å². The third kappa shape index (κ3) is 14.3. The van der Waals surface area contributed by atoms with Crippen LogP contribution in [0.15, 0.2) is 78.9 Å². The van der Waals surface area contributed by atoms with Crippen molar-refractivity contribution in [2.75, 3.05) is 27.8 Å². The van der Waals surface area contributed by atoms with Gasteiger partial charge < -0.3 is 19.1 Å². The van der Waals surface area contributed by atoms with Crippen LogP contribution in [0.3, 0.4) is 0 Å². The van der Waals surface area contributed by atoms with Crippen LogP contribution in [0.2, 0.25) is 0 Å². The number of carbonyl (C=O) groups excluding carboxylic acids is 1. The van der Waals surface area contributed by atoms with Gasteiger partial charge in [0.05, 0.1) is 18.4 Å². The number of fused-ring (bicyclic) bond motifs is 1. The summed E-state index contributed by atoms with van der Waals surface area (Å²) in [7, 11) is 5.37. The molecule has 0 saturated heterocycles. The van der Waals surface area contributed by atoms with E-state index < -0.39 is 0 Å². The highest BCUT2D eigenvalue weighted by Gasteiger charge is 2.28. The molecule has 3 aromatic rings. The molecule has 7 heteroatoms. The highest BCUT2D eigenvalue weighted by Crippen LogP contribution is 2.40. The predicted molar refractivity (Wildman–Crippen MR) is 219 cm³/mol. The number of hydrogen-bond acceptors (Lipinski definition) is 6. The second-order valence-electron chi connectivity index (χ2n) is 13.4. The van der Waals surface area contributed by atoms with Crippen molar-refractivity contribution in [1.82, 2.24) is 15.4 Å². The van der Waals surface area contributed by atoms with Gasteiger partial charge in [-0.25, -0.2) is 0 Å². The van der Waals surface area contributed by atoms with Gasteiger partial charge in [0.2, 0.25) is 0 Å². The number of allylic oxidation sites excluding steroid dienone is 5. The third-order valence-electron chi connectivity index (χ3n) is 8.57. The van der Waals surface area contributed by atoms with Crippen molar-refractivity contribution in [2.45, 2.75) is 107 Å². The Kier molecular flexibility index (Phi) is 20.8. The van der Waals surface area contributed by atoms with E-state index in [-0.39, 0.29) is 17.3 Å². The summed E-state index contributed by atoms with van der Waals surface area (Å²) in [5, 5.41) is 11.7.